The summed E-state index contributed by atoms with van der Waals surface area (Å²) in [5.74, 6) is -0.341. The second-order valence-electron chi connectivity index (χ2n) is 11.8. The lowest BCUT2D eigenvalue weighted by Gasteiger charge is -2.38. The molecular weight excluding hydrogens is 540 g/mol. The number of hydrogen-bond donors (Lipinski definition) is 1. The molecule has 11 nitrogen and oxygen atoms in total. The van der Waals surface area contributed by atoms with E-state index in [0.717, 1.165) is 97.2 Å². The molecule has 3 aliphatic rings. The summed E-state index contributed by atoms with van der Waals surface area (Å²) in [5, 5.41) is 6.25. The molecule has 1 saturated heterocycles. The molecule has 1 N–H and O–H groups in total. The first-order valence-corrected chi connectivity index (χ1v) is 16.3. The van der Waals surface area contributed by atoms with Gasteiger partial charge in [-0.15, -0.1) is 0 Å². The van der Waals surface area contributed by atoms with Crippen LogP contribution >= 0.6 is 0 Å². The van der Waals surface area contributed by atoms with Crippen molar-refractivity contribution in [1.82, 2.24) is 28.8 Å². The van der Waals surface area contributed by atoms with E-state index in [4.69, 9.17) is 10.1 Å². The van der Waals surface area contributed by atoms with Crippen molar-refractivity contribution in [3.8, 4) is 0 Å². The molecule has 0 atom stereocenters. The molecule has 3 aromatic heterocycles. The number of aromatic nitrogens is 4. The molecule has 2 aliphatic carbocycles. The number of rotatable bonds is 7. The number of fused-ring (bicyclic) bond motifs is 1. The van der Waals surface area contributed by atoms with Crippen LogP contribution in [0.25, 0.3) is 11.0 Å². The SMILES string of the molecule is Cc1cc(N2CCN(c3cc(C(=O)NS(=O)(=O)N(C)C)nc4c3c(C3CCC3)nn4C3CCCCC3)CC2)ccn1. The first-order chi connectivity index (χ1) is 19.7. The van der Waals surface area contributed by atoms with Crippen LogP contribution in [0.2, 0.25) is 0 Å². The van der Waals surface area contributed by atoms with Gasteiger partial charge in [0, 0.05) is 63.8 Å². The minimum Gasteiger partial charge on any atom is -0.368 e. The second-order valence-corrected chi connectivity index (χ2v) is 13.7. The molecule has 1 amide bonds. The molecule has 41 heavy (non-hydrogen) atoms. The van der Waals surface area contributed by atoms with E-state index in [2.05, 4.69) is 30.3 Å². The highest BCUT2D eigenvalue weighted by Gasteiger charge is 2.33. The zero-order valence-electron chi connectivity index (χ0n) is 24.2. The zero-order chi connectivity index (χ0) is 28.7. The van der Waals surface area contributed by atoms with E-state index in [1.54, 1.807) is 6.07 Å². The van der Waals surface area contributed by atoms with Gasteiger partial charge >= 0.3 is 10.2 Å². The van der Waals surface area contributed by atoms with Gasteiger partial charge in [0.15, 0.2) is 5.65 Å². The Labute approximate surface area is 242 Å². The van der Waals surface area contributed by atoms with Crippen LogP contribution in [0.1, 0.15) is 85.2 Å². The first kappa shape index (κ1) is 27.9. The zero-order valence-corrected chi connectivity index (χ0v) is 25.0. The fourth-order valence-electron chi connectivity index (χ4n) is 6.25. The van der Waals surface area contributed by atoms with E-state index < -0.39 is 16.1 Å². The highest BCUT2D eigenvalue weighted by molar-refractivity contribution is 7.87. The van der Waals surface area contributed by atoms with Crippen LogP contribution in [0, 0.1) is 6.92 Å². The number of anilines is 2. The van der Waals surface area contributed by atoms with Crippen LogP contribution in [0.4, 0.5) is 11.4 Å². The van der Waals surface area contributed by atoms with Gasteiger partial charge in [-0.2, -0.15) is 17.8 Å². The summed E-state index contributed by atoms with van der Waals surface area (Å²) >= 11 is 0. The maximum Gasteiger partial charge on any atom is 0.303 e. The molecule has 12 heteroatoms. The second kappa shape index (κ2) is 11.2. The van der Waals surface area contributed by atoms with E-state index in [1.807, 2.05) is 19.2 Å². The number of amides is 1. The quantitative estimate of drug-likeness (QED) is 0.449. The Kier molecular flexibility index (Phi) is 7.62. The summed E-state index contributed by atoms with van der Waals surface area (Å²) in [6, 6.07) is 6.17. The molecule has 1 aliphatic heterocycles. The fraction of sp³-hybridized carbons (Fsp3) is 0.586. The number of carbonyl (C=O) groups is 1. The molecule has 0 unspecified atom stereocenters. The Morgan fingerprint density at radius 2 is 1.68 bits per heavy atom. The topological polar surface area (TPSA) is 117 Å². The lowest BCUT2D eigenvalue weighted by Crippen LogP contribution is -2.46. The molecule has 6 rings (SSSR count). The third-order valence-electron chi connectivity index (χ3n) is 8.88. The summed E-state index contributed by atoms with van der Waals surface area (Å²) < 4.78 is 30.3. The Hall–Kier alpha value is -3.25. The van der Waals surface area contributed by atoms with Gasteiger partial charge in [0.2, 0.25) is 0 Å². The van der Waals surface area contributed by atoms with Crippen molar-refractivity contribution in [2.24, 2.45) is 0 Å². The number of aryl methyl sites for hydroxylation is 1. The van der Waals surface area contributed by atoms with Crippen LogP contribution < -0.4 is 14.5 Å². The summed E-state index contributed by atoms with van der Waals surface area (Å²) in [6.45, 7) is 5.16. The molecule has 3 aromatic rings. The molecular formula is C29H40N8O3S. The molecule has 0 spiro atoms. The number of hydrogen-bond acceptors (Lipinski definition) is 8. The Morgan fingerprint density at radius 1 is 0.976 bits per heavy atom. The van der Waals surface area contributed by atoms with Gasteiger partial charge in [-0.3, -0.25) is 9.78 Å². The first-order valence-electron chi connectivity index (χ1n) is 14.8. The minimum absolute atomic E-state index is 0.0993. The van der Waals surface area contributed by atoms with E-state index in [0.29, 0.717) is 11.6 Å². The van der Waals surface area contributed by atoms with Crippen molar-refractivity contribution in [3.05, 3.63) is 41.5 Å². The van der Waals surface area contributed by atoms with Crippen LogP contribution in [-0.4, -0.2) is 78.7 Å². The van der Waals surface area contributed by atoms with Gasteiger partial charge in [-0.05, 0) is 50.8 Å². The highest BCUT2D eigenvalue weighted by Crippen LogP contribution is 2.44. The largest absolute Gasteiger partial charge is 0.368 e. The molecule has 0 bridgehead atoms. The predicted octanol–water partition coefficient (Wildman–Crippen LogP) is 3.77. The standard InChI is InChI=1S/C29H40N8O3S/c1-20-18-23(12-13-30-20)35-14-16-36(17-15-35)25-19-24(29(38)33-41(39,40)34(2)3)31-28-26(25)27(21-8-7-9-21)32-37(28)22-10-5-4-6-11-22/h12-13,18-19,21-22H,4-11,14-17H2,1-3H3,(H,33,38). The Bertz CT molecular complexity index is 1530. The summed E-state index contributed by atoms with van der Waals surface area (Å²) in [4.78, 5) is 27.2. The van der Waals surface area contributed by atoms with E-state index in [9.17, 15) is 13.2 Å². The van der Waals surface area contributed by atoms with Crippen LogP contribution in [-0.2, 0) is 10.2 Å². The van der Waals surface area contributed by atoms with E-state index in [1.165, 1.54) is 26.9 Å². The molecule has 4 heterocycles. The fourth-order valence-corrected chi connectivity index (χ4v) is 6.77. The monoisotopic (exact) mass is 580 g/mol. The molecule has 2 saturated carbocycles. The van der Waals surface area contributed by atoms with Crippen molar-refractivity contribution in [2.75, 3.05) is 50.1 Å². The lowest BCUT2D eigenvalue weighted by molar-refractivity contribution is 0.0975. The van der Waals surface area contributed by atoms with Gasteiger partial charge in [0.05, 0.1) is 22.8 Å². The Balaban J connectivity index is 1.42. The van der Waals surface area contributed by atoms with Crippen LogP contribution in [0.5, 0.6) is 0 Å². The van der Waals surface area contributed by atoms with Crippen molar-refractivity contribution in [2.45, 2.75) is 70.3 Å². The van der Waals surface area contributed by atoms with E-state index >= 15 is 0 Å². The summed E-state index contributed by atoms with van der Waals surface area (Å²) in [7, 11) is -1.18. The van der Waals surface area contributed by atoms with E-state index in [-0.39, 0.29) is 11.7 Å². The predicted molar refractivity (Wildman–Crippen MR) is 160 cm³/mol. The van der Waals surface area contributed by atoms with Gasteiger partial charge in [0.25, 0.3) is 5.91 Å². The maximum absolute atomic E-state index is 13.4. The third kappa shape index (κ3) is 5.51. The average molecular weight is 581 g/mol. The number of nitrogens with zero attached hydrogens (tertiary/aromatic N) is 7. The number of carbonyl (C=O) groups excluding carboxylic acids is 1. The van der Waals surface area contributed by atoms with Crippen molar-refractivity contribution in [1.29, 1.82) is 0 Å². The molecule has 3 fully saturated rings. The smallest absolute Gasteiger partial charge is 0.303 e. The van der Waals surface area contributed by atoms with Crippen LogP contribution in [0.3, 0.4) is 0 Å². The molecule has 0 radical (unpaired) electrons. The molecule has 220 valence electrons. The maximum atomic E-state index is 13.4. The summed E-state index contributed by atoms with van der Waals surface area (Å²) in [5.41, 5.74) is 4.96. The average Bonchev–Trinajstić information content (AvgIpc) is 3.31. The van der Waals surface area contributed by atoms with Gasteiger partial charge in [-0.1, -0.05) is 25.7 Å². The van der Waals surface area contributed by atoms with Crippen molar-refractivity contribution in [3.63, 3.8) is 0 Å². The van der Waals surface area contributed by atoms with Crippen molar-refractivity contribution >= 4 is 38.5 Å². The van der Waals surface area contributed by atoms with Gasteiger partial charge in [-0.25, -0.2) is 14.4 Å². The Morgan fingerprint density at radius 3 is 2.32 bits per heavy atom. The number of piperazine rings is 1. The van der Waals surface area contributed by atoms with Gasteiger partial charge < -0.3 is 9.80 Å². The normalized spacial score (nSPS) is 19.1. The lowest BCUT2D eigenvalue weighted by atomic mass is 9.82. The number of nitrogens with one attached hydrogen (secondary N) is 1. The number of pyridine rings is 2. The van der Waals surface area contributed by atoms with Gasteiger partial charge in [0.1, 0.15) is 5.69 Å². The van der Waals surface area contributed by atoms with Crippen LogP contribution in [0.15, 0.2) is 24.4 Å². The highest BCUT2D eigenvalue weighted by atomic mass is 32.2. The summed E-state index contributed by atoms with van der Waals surface area (Å²) in [6.07, 6.45) is 10.8. The van der Waals surface area contributed by atoms with Crippen molar-refractivity contribution < 1.29 is 13.2 Å². The minimum atomic E-state index is -3.97. The molecule has 0 aromatic carbocycles. The third-order valence-corrected chi connectivity index (χ3v) is 10.3.